The minimum Gasteiger partial charge on any atom is -0.307 e. The number of sulfonamides is 1. The third kappa shape index (κ3) is 3.68. The van der Waals surface area contributed by atoms with E-state index in [1.54, 1.807) is 29.8 Å². The summed E-state index contributed by atoms with van der Waals surface area (Å²) < 4.78 is 27.3. The van der Waals surface area contributed by atoms with Crippen LogP contribution in [0.5, 0.6) is 0 Å². The number of H-pyrrole nitrogens is 1. The van der Waals surface area contributed by atoms with Gasteiger partial charge in [0.2, 0.25) is 15.6 Å². The quantitative estimate of drug-likeness (QED) is 0.541. The average molecular weight is 397 g/mol. The van der Waals surface area contributed by atoms with E-state index in [0.717, 1.165) is 22.1 Å². The first-order valence-corrected chi connectivity index (χ1v) is 10.5. The van der Waals surface area contributed by atoms with E-state index in [2.05, 4.69) is 14.7 Å². The van der Waals surface area contributed by atoms with Gasteiger partial charge in [-0.2, -0.15) is 0 Å². The first-order valence-electron chi connectivity index (χ1n) is 8.13. The zero-order valence-electron chi connectivity index (χ0n) is 14.0. The van der Waals surface area contributed by atoms with Gasteiger partial charge in [-0.1, -0.05) is 30.3 Å². The summed E-state index contributed by atoms with van der Waals surface area (Å²) in [4.78, 5) is 18.4. The van der Waals surface area contributed by atoms with Gasteiger partial charge in [-0.15, -0.1) is 11.3 Å². The maximum atomic E-state index is 12.2. The van der Waals surface area contributed by atoms with E-state index in [4.69, 9.17) is 0 Å². The molecule has 3 aromatic heterocycles. The topological polar surface area (TPSA) is 91.9 Å². The van der Waals surface area contributed by atoms with Crippen molar-refractivity contribution in [1.29, 1.82) is 0 Å². The zero-order chi connectivity index (χ0) is 18.9. The van der Waals surface area contributed by atoms with Crippen molar-refractivity contribution < 1.29 is 8.42 Å². The van der Waals surface area contributed by atoms with Crippen molar-refractivity contribution in [2.45, 2.75) is 10.8 Å². The highest BCUT2D eigenvalue weighted by molar-refractivity contribution is 7.91. The molecule has 6 nitrogen and oxygen atoms in total. The summed E-state index contributed by atoms with van der Waals surface area (Å²) in [6.07, 6.45) is 1.65. The third-order valence-electron chi connectivity index (χ3n) is 4.12. The van der Waals surface area contributed by atoms with Crippen LogP contribution in [0.1, 0.15) is 5.56 Å². The molecule has 0 amide bonds. The van der Waals surface area contributed by atoms with Crippen molar-refractivity contribution in [2.75, 3.05) is 0 Å². The number of hydrogen-bond donors (Lipinski definition) is 2. The second kappa shape index (κ2) is 7.07. The Bertz CT molecular complexity index is 1250. The summed E-state index contributed by atoms with van der Waals surface area (Å²) in [5.74, 6) is 0. The lowest BCUT2D eigenvalue weighted by molar-refractivity contribution is 0.583. The van der Waals surface area contributed by atoms with Gasteiger partial charge < -0.3 is 4.98 Å². The van der Waals surface area contributed by atoms with Crippen LogP contribution in [0, 0.1) is 0 Å². The molecule has 1 aromatic carbocycles. The molecule has 0 radical (unpaired) electrons. The molecule has 8 heteroatoms. The molecule has 2 N–H and O–H groups in total. The van der Waals surface area contributed by atoms with Crippen LogP contribution < -0.4 is 10.3 Å². The van der Waals surface area contributed by atoms with Crippen molar-refractivity contribution >= 4 is 32.4 Å². The SMILES string of the molecule is O=c1ccc2c(-c3ccc(CNS(=O)(=O)c4cccs4)cc3)ccnc2[nH]1. The predicted molar refractivity (Wildman–Crippen MR) is 106 cm³/mol. The molecule has 4 rings (SSSR count). The Morgan fingerprint density at radius 3 is 2.59 bits per heavy atom. The lowest BCUT2D eigenvalue weighted by atomic mass is 10.0. The molecule has 136 valence electrons. The van der Waals surface area contributed by atoms with E-state index in [9.17, 15) is 13.2 Å². The third-order valence-corrected chi connectivity index (χ3v) is 6.92. The number of fused-ring (bicyclic) bond motifs is 1. The monoisotopic (exact) mass is 397 g/mol. The fourth-order valence-electron chi connectivity index (χ4n) is 2.78. The number of aromatic nitrogens is 2. The number of pyridine rings is 2. The summed E-state index contributed by atoms with van der Waals surface area (Å²) in [7, 11) is -3.48. The molecule has 0 saturated heterocycles. The van der Waals surface area contributed by atoms with Crippen LogP contribution in [0.4, 0.5) is 0 Å². The van der Waals surface area contributed by atoms with Crippen LogP contribution in [0.2, 0.25) is 0 Å². The summed E-state index contributed by atoms with van der Waals surface area (Å²) in [6.45, 7) is 0.213. The molecule has 0 saturated carbocycles. The fraction of sp³-hybridized carbons (Fsp3) is 0.0526. The van der Waals surface area contributed by atoms with Crippen LogP contribution in [-0.2, 0) is 16.6 Å². The van der Waals surface area contributed by atoms with Gasteiger partial charge in [0.25, 0.3) is 0 Å². The van der Waals surface area contributed by atoms with E-state index in [-0.39, 0.29) is 12.1 Å². The van der Waals surface area contributed by atoms with E-state index in [1.807, 2.05) is 30.3 Å². The van der Waals surface area contributed by atoms with Gasteiger partial charge in [0.15, 0.2) is 0 Å². The molecule has 27 heavy (non-hydrogen) atoms. The number of aromatic amines is 1. The van der Waals surface area contributed by atoms with Crippen LogP contribution in [0.3, 0.4) is 0 Å². The van der Waals surface area contributed by atoms with Crippen LogP contribution in [0.25, 0.3) is 22.2 Å². The second-order valence-electron chi connectivity index (χ2n) is 5.90. The molecule has 0 fully saturated rings. The smallest absolute Gasteiger partial charge is 0.250 e. The highest BCUT2D eigenvalue weighted by Crippen LogP contribution is 2.26. The fourth-order valence-corrected chi connectivity index (χ4v) is 4.83. The molecule has 0 aliphatic rings. The standard InChI is InChI=1S/C19H15N3O3S2/c23-17-8-7-16-15(9-10-20-19(16)22-17)14-5-3-13(4-6-14)12-21-27(24,25)18-2-1-11-26-18/h1-11,21H,12H2,(H,20,22,23). The van der Waals surface area contributed by atoms with Crippen molar-refractivity contribution in [3.05, 3.63) is 82.1 Å². The van der Waals surface area contributed by atoms with E-state index in [0.29, 0.717) is 9.86 Å². The van der Waals surface area contributed by atoms with Gasteiger partial charge >= 0.3 is 0 Å². The van der Waals surface area contributed by atoms with Gasteiger partial charge in [-0.05, 0) is 40.3 Å². The maximum absolute atomic E-state index is 12.2. The maximum Gasteiger partial charge on any atom is 0.250 e. The van der Waals surface area contributed by atoms with Crippen molar-refractivity contribution in [3.63, 3.8) is 0 Å². The molecule has 0 bridgehead atoms. The summed E-state index contributed by atoms with van der Waals surface area (Å²) in [5.41, 5.74) is 3.10. The highest BCUT2D eigenvalue weighted by Gasteiger charge is 2.14. The molecule has 3 heterocycles. The molecule has 0 unspecified atom stereocenters. The molecule has 0 spiro atoms. The van der Waals surface area contributed by atoms with Crippen molar-refractivity contribution in [2.24, 2.45) is 0 Å². The van der Waals surface area contributed by atoms with Crippen molar-refractivity contribution in [1.82, 2.24) is 14.7 Å². The first kappa shape index (κ1) is 17.6. The Labute approximate surface area is 159 Å². The largest absolute Gasteiger partial charge is 0.307 e. The summed E-state index contributed by atoms with van der Waals surface area (Å²) in [5, 5.41) is 2.58. The lowest BCUT2D eigenvalue weighted by Crippen LogP contribution is -2.22. The molecule has 4 aromatic rings. The number of nitrogens with zero attached hydrogens (tertiary/aromatic N) is 1. The Morgan fingerprint density at radius 1 is 1.04 bits per heavy atom. The average Bonchev–Trinajstić information content (AvgIpc) is 3.22. The summed E-state index contributed by atoms with van der Waals surface area (Å²) >= 11 is 1.19. The Hall–Kier alpha value is -2.81. The van der Waals surface area contributed by atoms with E-state index in [1.165, 1.54) is 17.4 Å². The van der Waals surface area contributed by atoms with Crippen molar-refractivity contribution in [3.8, 4) is 11.1 Å². The Kier molecular flexibility index (Phi) is 4.61. The Balaban J connectivity index is 1.57. The van der Waals surface area contributed by atoms with Gasteiger partial charge in [0.1, 0.15) is 9.86 Å². The number of hydrogen-bond acceptors (Lipinski definition) is 5. The molecular formula is C19H15N3O3S2. The van der Waals surface area contributed by atoms with Crippen LogP contribution >= 0.6 is 11.3 Å². The van der Waals surface area contributed by atoms with Gasteiger partial charge in [-0.25, -0.2) is 18.1 Å². The summed E-state index contributed by atoms with van der Waals surface area (Å²) in [6, 6.07) is 16.0. The lowest BCUT2D eigenvalue weighted by Gasteiger charge is -2.08. The van der Waals surface area contributed by atoms with Gasteiger partial charge in [0.05, 0.1) is 0 Å². The number of benzene rings is 1. The highest BCUT2D eigenvalue weighted by atomic mass is 32.2. The minimum absolute atomic E-state index is 0.194. The Morgan fingerprint density at radius 2 is 1.85 bits per heavy atom. The number of nitrogens with one attached hydrogen (secondary N) is 2. The van der Waals surface area contributed by atoms with Gasteiger partial charge in [-0.3, -0.25) is 4.79 Å². The molecule has 0 aliphatic heterocycles. The predicted octanol–water partition coefficient (Wildman–Crippen LogP) is 3.13. The minimum atomic E-state index is -3.48. The first-order chi connectivity index (χ1) is 13.0. The normalized spacial score (nSPS) is 11.7. The molecular weight excluding hydrogens is 382 g/mol. The number of thiophene rings is 1. The van der Waals surface area contributed by atoms with E-state index >= 15 is 0 Å². The number of rotatable bonds is 5. The molecule has 0 atom stereocenters. The van der Waals surface area contributed by atoms with E-state index < -0.39 is 10.0 Å². The van der Waals surface area contributed by atoms with Crippen LogP contribution in [-0.4, -0.2) is 18.4 Å². The zero-order valence-corrected chi connectivity index (χ0v) is 15.7. The van der Waals surface area contributed by atoms with Crippen LogP contribution in [0.15, 0.2) is 75.2 Å². The molecule has 0 aliphatic carbocycles. The second-order valence-corrected chi connectivity index (χ2v) is 8.84. The van der Waals surface area contributed by atoms with Gasteiger partial charge in [0, 0.05) is 24.2 Å².